The van der Waals surface area contributed by atoms with Crippen LogP contribution in [-0.2, 0) is 4.74 Å². The van der Waals surface area contributed by atoms with Crippen molar-refractivity contribution in [3.63, 3.8) is 0 Å². The molecule has 0 spiro atoms. The zero-order chi connectivity index (χ0) is 13.4. The van der Waals surface area contributed by atoms with Crippen molar-refractivity contribution >= 4 is 5.84 Å². The Hall–Kier alpha value is -1.82. The molecule has 1 heterocycles. The van der Waals surface area contributed by atoms with Gasteiger partial charge in [0.1, 0.15) is 12.4 Å². The lowest BCUT2D eigenvalue weighted by Gasteiger charge is -2.10. The average Bonchev–Trinajstić information content (AvgIpc) is 2.37. The van der Waals surface area contributed by atoms with E-state index < -0.39 is 0 Å². The first kappa shape index (κ1) is 14.2. The Balaban J connectivity index is 2.47. The van der Waals surface area contributed by atoms with E-state index in [2.05, 4.69) is 24.0 Å². The maximum Gasteiger partial charge on any atom is 0.192 e. The standard InChI is InChI=1S/C12H19N3O3/c1-9(2)8-17-6-7-18-10-4-3-5-14-11(10)12(13)15-16/h3-5,9,16H,6-8H2,1-2H3,(H2,13,15). The summed E-state index contributed by atoms with van der Waals surface area (Å²) < 4.78 is 10.9. The minimum atomic E-state index is -0.0753. The van der Waals surface area contributed by atoms with Crippen LogP contribution in [0, 0.1) is 5.92 Å². The lowest BCUT2D eigenvalue weighted by molar-refractivity contribution is 0.0817. The second-order valence-corrected chi connectivity index (χ2v) is 4.15. The highest BCUT2D eigenvalue weighted by molar-refractivity contribution is 5.97. The fourth-order valence-electron chi connectivity index (χ4n) is 1.28. The SMILES string of the molecule is CC(C)COCCOc1cccnc1/C(N)=N/O. The number of nitrogens with zero attached hydrogens (tertiary/aromatic N) is 2. The highest BCUT2D eigenvalue weighted by atomic mass is 16.5. The molecule has 0 saturated carbocycles. The van der Waals surface area contributed by atoms with Crippen molar-refractivity contribution < 1.29 is 14.7 Å². The van der Waals surface area contributed by atoms with Gasteiger partial charge in [-0.25, -0.2) is 4.98 Å². The van der Waals surface area contributed by atoms with E-state index in [0.29, 0.717) is 37.2 Å². The fraction of sp³-hybridized carbons (Fsp3) is 0.500. The molecule has 1 aromatic heterocycles. The van der Waals surface area contributed by atoms with Crippen LogP contribution in [0.1, 0.15) is 19.5 Å². The first-order chi connectivity index (χ1) is 8.65. The smallest absolute Gasteiger partial charge is 0.192 e. The van der Waals surface area contributed by atoms with Gasteiger partial charge in [0.25, 0.3) is 0 Å². The first-order valence-electron chi connectivity index (χ1n) is 5.78. The van der Waals surface area contributed by atoms with Crippen molar-refractivity contribution in [2.45, 2.75) is 13.8 Å². The minimum absolute atomic E-state index is 0.0753. The zero-order valence-corrected chi connectivity index (χ0v) is 10.7. The number of aromatic nitrogens is 1. The number of hydrogen-bond acceptors (Lipinski definition) is 5. The van der Waals surface area contributed by atoms with E-state index in [4.69, 9.17) is 20.4 Å². The van der Waals surface area contributed by atoms with Gasteiger partial charge in [0.05, 0.1) is 6.61 Å². The van der Waals surface area contributed by atoms with Crippen LogP contribution in [0.3, 0.4) is 0 Å². The predicted molar refractivity (Wildman–Crippen MR) is 67.9 cm³/mol. The molecule has 3 N–H and O–H groups in total. The molecular formula is C12H19N3O3. The summed E-state index contributed by atoms with van der Waals surface area (Å²) >= 11 is 0. The first-order valence-corrected chi connectivity index (χ1v) is 5.78. The lowest BCUT2D eigenvalue weighted by atomic mass is 10.2. The molecule has 0 aliphatic carbocycles. The van der Waals surface area contributed by atoms with Crippen LogP contribution in [0.25, 0.3) is 0 Å². The van der Waals surface area contributed by atoms with Gasteiger partial charge in [0, 0.05) is 12.8 Å². The van der Waals surface area contributed by atoms with E-state index in [0.717, 1.165) is 0 Å². The van der Waals surface area contributed by atoms with Crippen LogP contribution >= 0.6 is 0 Å². The number of hydrogen-bond donors (Lipinski definition) is 2. The molecule has 0 aromatic carbocycles. The van der Waals surface area contributed by atoms with E-state index >= 15 is 0 Å². The van der Waals surface area contributed by atoms with E-state index in [1.165, 1.54) is 0 Å². The molecule has 1 rings (SSSR count). The van der Waals surface area contributed by atoms with Crippen molar-refractivity contribution in [2.75, 3.05) is 19.8 Å². The Kier molecular flexibility index (Phi) is 5.93. The molecule has 0 atom stereocenters. The summed E-state index contributed by atoms with van der Waals surface area (Å²) in [5, 5.41) is 11.5. The topological polar surface area (TPSA) is 90.0 Å². The number of oxime groups is 1. The Bertz CT molecular complexity index is 394. The Morgan fingerprint density at radius 2 is 2.28 bits per heavy atom. The molecule has 0 bridgehead atoms. The maximum absolute atomic E-state index is 8.63. The summed E-state index contributed by atoms with van der Waals surface area (Å²) in [5.74, 6) is 0.894. The van der Waals surface area contributed by atoms with Crippen LogP contribution in [0.5, 0.6) is 5.75 Å². The highest BCUT2D eigenvalue weighted by Gasteiger charge is 2.09. The van der Waals surface area contributed by atoms with Crippen LogP contribution < -0.4 is 10.5 Å². The highest BCUT2D eigenvalue weighted by Crippen LogP contribution is 2.14. The van der Waals surface area contributed by atoms with E-state index in [-0.39, 0.29) is 5.84 Å². The predicted octanol–water partition coefficient (Wildman–Crippen LogP) is 1.23. The Labute approximate surface area is 106 Å². The van der Waals surface area contributed by atoms with Crippen molar-refractivity contribution in [3.05, 3.63) is 24.0 Å². The molecule has 0 unspecified atom stereocenters. The van der Waals surface area contributed by atoms with Crippen LogP contribution in [0.4, 0.5) is 0 Å². The molecule has 100 valence electrons. The van der Waals surface area contributed by atoms with Crippen molar-refractivity contribution in [2.24, 2.45) is 16.8 Å². The molecule has 0 aliphatic heterocycles. The molecular weight excluding hydrogens is 234 g/mol. The van der Waals surface area contributed by atoms with Gasteiger partial charge in [-0.3, -0.25) is 0 Å². The van der Waals surface area contributed by atoms with Crippen LogP contribution in [0.15, 0.2) is 23.5 Å². The van der Waals surface area contributed by atoms with Crippen LogP contribution in [0.2, 0.25) is 0 Å². The Morgan fingerprint density at radius 1 is 1.50 bits per heavy atom. The fourth-order valence-corrected chi connectivity index (χ4v) is 1.28. The second kappa shape index (κ2) is 7.50. The average molecular weight is 253 g/mol. The number of rotatable bonds is 7. The monoisotopic (exact) mass is 253 g/mol. The molecule has 0 saturated heterocycles. The zero-order valence-electron chi connectivity index (χ0n) is 10.7. The quantitative estimate of drug-likeness (QED) is 0.251. The normalized spacial score (nSPS) is 11.8. The molecule has 6 nitrogen and oxygen atoms in total. The van der Waals surface area contributed by atoms with Crippen molar-refractivity contribution in [1.82, 2.24) is 4.98 Å². The van der Waals surface area contributed by atoms with Crippen molar-refractivity contribution in [1.29, 1.82) is 0 Å². The number of amidine groups is 1. The minimum Gasteiger partial charge on any atom is -0.489 e. The summed E-state index contributed by atoms with van der Waals surface area (Å²) in [6, 6.07) is 3.43. The van der Waals surface area contributed by atoms with E-state index in [1.54, 1.807) is 18.3 Å². The number of pyridine rings is 1. The third-order valence-electron chi connectivity index (χ3n) is 2.06. The van der Waals surface area contributed by atoms with E-state index in [1.807, 2.05) is 0 Å². The molecule has 18 heavy (non-hydrogen) atoms. The number of ether oxygens (including phenoxy) is 2. The summed E-state index contributed by atoms with van der Waals surface area (Å²) in [7, 11) is 0. The Morgan fingerprint density at radius 3 is 2.94 bits per heavy atom. The van der Waals surface area contributed by atoms with Gasteiger partial charge in [-0.05, 0) is 18.1 Å². The van der Waals surface area contributed by atoms with E-state index in [9.17, 15) is 0 Å². The van der Waals surface area contributed by atoms with Gasteiger partial charge < -0.3 is 20.4 Å². The van der Waals surface area contributed by atoms with Gasteiger partial charge in [-0.15, -0.1) is 0 Å². The van der Waals surface area contributed by atoms with Gasteiger partial charge in [0.2, 0.25) is 0 Å². The van der Waals surface area contributed by atoms with Crippen molar-refractivity contribution in [3.8, 4) is 5.75 Å². The molecule has 0 fully saturated rings. The molecule has 0 aliphatic rings. The molecule has 6 heteroatoms. The molecule has 0 amide bonds. The number of nitrogens with two attached hydrogens (primary N) is 1. The molecule has 0 radical (unpaired) electrons. The third-order valence-corrected chi connectivity index (χ3v) is 2.06. The lowest BCUT2D eigenvalue weighted by Crippen LogP contribution is -2.18. The van der Waals surface area contributed by atoms with Gasteiger partial charge in [0.15, 0.2) is 11.5 Å². The van der Waals surface area contributed by atoms with Gasteiger partial charge >= 0.3 is 0 Å². The summed E-state index contributed by atoms with van der Waals surface area (Å²) in [6.45, 7) is 5.74. The maximum atomic E-state index is 8.63. The summed E-state index contributed by atoms with van der Waals surface area (Å²) in [5.41, 5.74) is 5.81. The molecule has 1 aromatic rings. The summed E-state index contributed by atoms with van der Waals surface area (Å²) in [6.07, 6.45) is 1.55. The van der Waals surface area contributed by atoms with Gasteiger partial charge in [-0.1, -0.05) is 19.0 Å². The summed E-state index contributed by atoms with van der Waals surface area (Å²) in [4.78, 5) is 3.99. The van der Waals surface area contributed by atoms with Crippen LogP contribution in [-0.4, -0.2) is 35.8 Å². The largest absolute Gasteiger partial charge is 0.489 e. The third kappa shape index (κ3) is 4.58. The van der Waals surface area contributed by atoms with Gasteiger partial charge in [-0.2, -0.15) is 0 Å². The second-order valence-electron chi connectivity index (χ2n) is 4.15.